The molecular formula is C31H32N2O3. The zero-order valence-corrected chi connectivity index (χ0v) is 20.7. The Bertz CT molecular complexity index is 1280. The fourth-order valence-electron chi connectivity index (χ4n) is 6.17. The zero-order chi connectivity index (χ0) is 25.0. The van der Waals surface area contributed by atoms with E-state index in [1.807, 2.05) is 36.4 Å². The second kappa shape index (κ2) is 10.2. The third-order valence-electron chi connectivity index (χ3n) is 7.80. The van der Waals surface area contributed by atoms with Crippen molar-refractivity contribution in [3.63, 3.8) is 0 Å². The molecule has 0 radical (unpaired) electrons. The van der Waals surface area contributed by atoms with Gasteiger partial charge in [0.25, 0.3) is 0 Å². The van der Waals surface area contributed by atoms with E-state index in [1.165, 1.54) is 16.7 Å². The van der Waals surface area contributed by atoms with Gasteiger partial charge in [-0.3, -0.25) is 4.98 Å². The van der Waals surface area contributed by atoms with E-state index in [9.17, 15) is 9.90 Å². The topological polar surface area (TPSA) is 71.5 Å². The summed E-state index contributed by atoms with van der Waals surface area (Å²) in [5, 5.41) is 13.9. The summed E-state index contributed by atoms with van der Waals surface area (Å²) in [7, 11) is 0. The molecule has 36 heavy (non-hydrogen) atoms. The zero-order valence-electron chi connectivity index (χ0n) is 20.7. The van der Waals surface area contributed by atoms with Crippen molar-refractivity contribution < 1.29 is 14.6 Å². The molecule has 1 amide bonds. The molecular weight excluding hydrogens is 448 g/mol. The predicted octanol–water partition coefficient (Wildman–Crippen LogP) is 5.35. The molecule has 1 fully saturated rings. The minimum absolute atomic E-state index is 0.0731. The van der Waals surface area contributed by atoms with Gasteiger partial charge in [-0.05, 0) is 92.3 Å². The van der Waals surface area contributed by atoms with Crippen molar-refractivity contribution in [1.82, 2.24) is 10.3 Å². The van der Waals surface area contributed by atoms with Gasteiger partial charge in [-0.2, -0.15) is 0 Å². The summed E-state index contributed by atoms with van der Waals surface area (Å²) in [4.78, 5) is 16.6. The Balaban J connectivity index is 1.39. The molecule has 0 spiro atoms. The number of hydrogen-bond acceptors (Lipinski definition) is 4. The van der Waals surface area contributed by atoms with Crippen LogP contribution in [0, 0.1) is 17.8 Å². The lowest BCUT2D eigenvalue weighted by Gasteiger charge is -2.52. The second-order valence-corrected chi connectivity index (χ2v) is 10.0. The van der Waals surface area contributed by atoms with Gasteiger partial charge in [-0.25, -0.2) is 4.79 Å². The smallest absolute Gasteiger partial charge is 0.410 e. The number of aliphatic hydroxyl groups is 1. The van der Waals surface area contributed by atoms with Crippen LogP contribution in [0.1, 0.15) is 55.0 Å². The minimum atomic E-state index is -0.911. The molecule has 2 aromatic carbocycles. The molecule has 5 heteroatoms. The number of benzene rings is 2. The molecule has 3 atom stereocenters. The summed E-state index contributed by atoms with van der Waals surface area (Å²) in [6.07, 6.45) is 6.21. The summed E-state index contributed by atoms with van der Waals surface area (Å²) in [6.45, 7) is 2.12. The van der Waals surface area contributed by atoms with Gasteiger partial charge < -0.3 is 15.2 Å². The molecule has 0 aliphatic heterocycles. The maximum atomic E-state index is 12.4. The van der Waals surface area contributed by atoms with E-state index in [0.717, 1.165) is 31.4 Å². The van der Waals surface area contributed by atoms with E-state index >= 15 is 0 Å². The van der Waals surface area contributed by atoms with Crippen LogP contribution < -0.4 is 10.1 Å². The number of pyridine rings is 1. The molecule has 1 saturated carbocycles. The molecule has 5 rings (SSSR count). The molecule has 2 aliphatic rings. The SMILES string of the molecule is CC#C[C@@]1(O)CC[C@]2(Cc3ccccc3)c3ccc(OC(=O)NCc4ccccn4)cc3CC[C@H]2C1. The number of carbonyl (C=O) groups is 1. The van der Waals surface area contributed by atoms with E-state index in [1.54, 1.807) is 13.1 Å². The van der Waals surface area contributed by atoms with Gasteiger partial charge in [-0.15, -0.1) is 5.92 Å². The van der Waals surface area contributed by atoms with E-state index in [4.69, 9.17) is 4.74 Å². The normalized spacial score (nSPS) is 24.4. The molecule has 3 aromatic rings. The molecule has 0 saturated heterocycles. The average molecular weight is 481 g/mol. The first-order chi connectivity index (χ1) is 17.5. The monoisotopic (exact) mass is 480 g/mol. The summed E-state index contributed by atoms with van der Waals surface area (Å²) in [5.41, 5.74) is 3.64. The van der Waals surface area contributed by atoms with Crippen LogP contribution in [0.25, 0.3) is 0 Å². The molecule has 0 unspecified atom stereocenters. The van der Waals surface area contributed by atoms with Crippen molar-refractivity contribution in [2.24, 2.45) is 5.92 Å². The Morgan fingerprint density at radius 2 is 1.97 bits per heavy atom. The van der Waals surface area contributed by atoms with Crippen molar-refractivity contribution in [1.29, 1.82) is 0 Å². The Labute approximate surface area is 212 Å². The fraction of sp³-hybridized carbons (Fsp3) is 0.355. The summed E-state index contributed by atoms with van der Waals surface area (Å²) >= 11 is 0. The summed E-state index contributed by atoms with van der Waals surface area (Å²) in [5.74, 6) is 6.91. The largest absolute Gasteiger partial charge is 0.412 e. The van der Waals surface area contributed by atoms with E-state index in [-0.39, 0.29) is 5.41 Å². The predicted molar refractivity (Wildman–Crippen MR) is 139 cm³/mol. The number of aryl methyl sites for hydroxylation is 1. The van der Waals surface area contributed by atoms with Crippen LogP contribution >= 0.6 is 0 Å². The number of amides is 1. The van der Waals surface area contributed by atoms with Crippen LogP contribution in [0.3, 0.4) is 0 Å². The highest BCUT2D eigenvalue weighted by Crippen LogP contribution is 2.54. The van der Waals surface area contributed by atoms with Gasteiger partial charge in [-0.1, -0.05) is 48.4 Å². The summed E-state index contributed by atoms with van der Waals surface area (Å²) in [6, 6.07) is 22.3. The Kier molecular flexibility index (Phi) is 6.80. The molecule has 184 valence electrons. The van der Waals surface area contributed by atoms with E-state index in [2.05, 4.69) is 52.5 Å². The minimum Gasteiger partial charge on any atom is -0.410 e. The molecule has 1 aromatic heterocycles. The number of carbonyl (C=O) groups excluding carboxylic acids is 1. The van der Waals surface area contributed by atoms with Gasteiger partial charge in [0.2, 0.25) is 0 Å². The van der Waals surface area contributed by atoms with Crippen molar-refractivity contribution in [3.8, 4) is 17.6 Å². The molecule has 0 bridgehead atoms. The number of ether oxygens (including phenoxy) is 1. The van der Waals surface area contributed by atoms with Crippen molar-refractivity contribution >= 4 is 6.09 Å². The van der Waals surface area contributed by atoms with Gasteiger partial charge in [0.1, 0.15) is 11.4 Å². The lowest BCUT2D eigenvalue weighted by atomic mass is 9.52. The number of nitrogens with zero attached hydrogens (tertiary/aromatic N) is 1. The van der Waals surface area contributed by atoms with Crippen molar-refractivity contribution in [2.75, 3.05) is 0 Å². The lowest BCUT2D eigenvalue weighted by molar-refractivity contribution is -0.00804. The first-order valence-electron chi connectivity index (χ1n) is 12.7. The highest BCUT2D eigenvalue weighted by atomic mass is 16.6. The number of hydrogen-bond donors (Lipinski definition) is 2. The Morgan fingerprint density at radius 3 is 2.75 bits per heavy atom. The average Bonchev–Trinajstić information content (AvgIpc) is 2.89. The molecule has 5 nitrogen and oxygen atoms in total. The number of rotatable bonds is 5. The molecule has 2 N–H and O–H groups in total. The maximum absolute atomic E-state index is 12.4. The molecule has 2 aliphatic carbocycles. The van der Waals surface area contributed by atoms with E-state index < -0.39 is 11.7 Å². The van der Waals surface area contributed by atoms with Gasteiger partial charge in [0.05, 0.1) is 12.2 Å². The quantitative estimate of drug-likeness (QED) is 0.483. The highest BCUT2D eigenvalue weighted by molar-refractivity contribution is 5.70. The molecule has 1 heterocycles. The third-order valence-corrected chi connectivity index (χ3v) is 7.80. The fourth-order valence-corrected chi connectivity index (χ4v) is 6.17. The van der Waals surface area contributed by atoms with Crippen molar-refractivity contribution in [3.05, 3.63) is 95.3 Å². The Morgan fingerprint density at radius 1 is 1.14 bits per heavy atom. The third kappa shape index (κ3) is 5.01. The van der Waals surface area contributed by atoms with Gasteiger partial charge >= 0.3 is 6.09 Å². The first-order valence-corrected chi connectivity index (χ1v) is 12.7. The summed E-state index contributed by atoms with van der Waals surface area (Å²) < 4.78 is 5.62. The standard InChI is InChI=1S/C31H32N2O3/c1-2-15-30(35)16-17-31(20-23-8-4-3-5-9-23)25(21-30)12-11-24-19-27(13-14-28(24)31)36-29(34)33-22-26-10-6-7-18-32-26/h3-10,13-14,18-19,25,35H,11-12,16-17,20-22H2,1H3,(H,33,34)/t25-,30+,31+/m0/s1. The number of aromatic nitrogens is 1. The maximum Gasteiger partial charge on any atom is 0.412 e. The first kappa shape index (κ1) is 24.1. The number of nitrogens with one attached hydrogen (secondary N) is 1. The second-order valence-electron chi connectivity index (χ2n) is 10.0. The van der Waals surface area contributed by atoms with Crippen LogP contribution in [0.5, 0.6) is 5.75 Å². The van der Waals surface area contributed by atoms with Crippen LogP contribution in [0.15, 0.2) is 72.9 Å². The van der Waals surface area contributed by atoms with Gasteiger partial charge in [0.15, 0.2) is 0 Å². The van der Waals surface area contributed by atoms with Crippen LogP contribution in [0.2, 0.25) is 0 Å². The van der Waals surface area contributed by atoms with Crippen LogP contribution in [-0.4, -0.2) is 21.8 Å². The Hall–Kier alpha value is -3.62. The van der Waals surface area contributed by atoms with Crippen LogP contribution in [0.4, 0.5) is 4.79 Å². The van der Waals surface area contributed by atoms with Crippen molar-refractivity contribution in [2.45, 2.75) is 63.0 Å². The number of fused-ring (bicyclic) bond motifs is 3. The highest BCUT2D eigenvalue weighted by Gasteiger charge is 2.51. The lowest BCUT2D eigenvalue weighted by Crippen LogP contribution is -2.50. The van der Waals surface area contributed by atoms with Gasteiger partial charge in [0, 0.05) is 11.6 Å². The van der Waals surface area contributed by atoms with Crippen LogP contribution in [-0.2, 0) is 24.8 Å². The van der Waals surface area contributed by atoms with E-state index in [0.29, 0.717) is 31.1 Å².